The zero-order valence-electron chi connectivity index (χ0n) is 11.5. The van der Waals surface area contributed by atoms with E-state index in [0.29, 0.717) is 18.4 Å². The minimum atomic E-state index is -0.605. The Bertz CT molecular complexity index is 428. The molecule has 1 saturated heterocycles. The van der Waals surface area contributed by atoms with Crippen LogP contribution in [0.3, 0.4) is 0 Å². The number of aliphatic hydroxyl groups excluding tert-OH is 1. The van der Waals surface area contributed by atoms with Crippen molar-refractivity contribution in [2.24, 2.45) is 11.8 Å². The quantitative estimate of drug-likeness (QED) is 0.719. The van der Waals surface area contributed by atoms with Gasteiger partial charge in [-0.15, -0.1) is 0 Å². The molecule has 3 aliphatic rings. The van der Waals surface area contributed by atoms with E-state index in [1.165, 1.54) is 7.11 Å². The molecule has 1 aliphatic heterocycles. The van der Waals surface area contributed by atoms with Gasteiger partial charge in [0.1, 0.15) is 0 Å². The van der Waals surface area contributed by atoms with Crippen LogP contribution in [0.2, 0.25) is 0 Å². The monoisotopic (exact) mass is 268 g/mol. The van der Waals surface area contributed by atoms with E-state index in [9.17, 15) is 9.90 Å². The fraction of sp³-hybridized carbons (Fsp3) is 0.786. The molecule has 5 heteroatoms. The summed E-state index contributed by atoms with van der Waals surface area (Å²) in [4.78, 5) is 11.8. The van der Waals surface area contributed by atoms with Gasteiger partial charge in [-0.25, -0.2) is 4.79 Å². The lowest BCUT2D eigenvalue weighted by Crippen LogP contribution is -2.39. The van der Waals surface area contributed by atoms with Crippen LogP contribution in [0.25, 0.3) is 0 Å². The van der Waals surface area contributed by atoms with Crippen LogP contribution >= 0.6 is 0 Å². The number of esters is 1. The van der Waals surface area contributed by atoms with Gasteiger partial charge in [0.15, 0.2) is 5.79 Å². The minimum Gasteiger partial charge on any atom is -0.466 e. The summed E-state index contributed by atoms with van der Waals surface area (Å²) in [6, 6.07) is 0. The van der Waals surface area contributed by atoms with Crippen LogP contribution in [0.1, 0.15) is 26.7 Å². The molecular formula is C14H20O5. The van der Waals surface area contributed by atoms with Gasteiger partial charge in [-0.05, 0) is 26.7 Å². The molecule has 1 saturated carbocycles. The number of carbonyl (C=O) groups excluding carboxylic acids is 1. The van der Waals surface area contributed by atoms with Gasteiger partial charge in [0.2, 0.25) is 0 Å². The average molecular weight is 268 g/mol. The fourth-order valence-corrected chi connectivity index (χ4v) is 3.74. The summed E-state index contributed by atoms with van der Waals surface area (Å²) in [5, 5.41) is 10.2. The van der Waals surface area contributed by atoms with Crippen molar-refractivity contribution in [2.45, 2.75) is 50.8 Å². The molecule has 0 aromatic heterocycles. The smallest absolute Gasteiger partial charge is 0.333 e. The van der Waals surface area contributed by atoms with Crippen molar-refractivity contribution in [1.29, 1.82) is 0 Å². The molecule has 5 atom stereocenters. The molecule has 0 aromatic rings. The van der Waals surface area contributed by atoms with E-state index >= 15 is 0 Å². The summed E-state index contributed by atoms with van der Waals surface area (Å²) in [5.41, 5.74) is 0.664. The summed E-state index contributed by atoms with van der Waals surface area (Å²) in [5.74, 6) is -1.01. The molecule has 0 aromatic carbocycles. The van der Waals surface area contributed by atoms with Crippen LogP contribution in [0.4, 0.5) is 0 Å². The topological polar surface area (TPSA) is 65.0 Å². The molecule has 5 nitrogen and oxygen atoms in total. The molecule has 106 valence electrons. The number of methoxy groups -OCH3 is 1. The highest BCUT2D eigenvalue weighted by Gasteiger charge is 2.57. The Kier molecular flexibility index (Phi) is 2.96. The summed E-state index contributed by atoms with van der Waals surface area (Å²) in [6.07, 6.45) is 2.30. The Morgan fingerprint density at radius 3 is 2.89 bits per heavy atom. The number of carbonyl (C=O) groups is 1. The first kappa shape index (κ1) is 13.1. The molecular weight excluding hydrogens is 248 g/mol. The van der Waals surface area contributed by atoms with Crippen molar-refractivity contribution in [3.05, 3.63) is 11.6 Å². The number of rotatable bonds is 1. The number of ether oxygens (including phenoxy) is 3. The second-order valence-corrected chi connectivity index (χ2v) is 6.01. The largest absolute Gasteiger partial charge is 0.466 e. The van der Waals surface area contributed by atoms with Gasteiger partial charge in [0.05, 0.1) is 25.4 Å². The molecule has 2 unspecified atom stereocenters. The van der Waals surface area contributed by atoms with E-state index in [0.717, 1.165) is 0 Å². The standard InChI is InChI=1S/C14H20O5/c1-14(2)18-10-6-8-7(13(16)17-3)4-5-9(15)11(8)12(10)19-14/h4,8-12,15H,5-6H2,1-3H3/t8?,9-,10+,11?,12+/m1/s1. The SMILES string of the molecule is COC(=O)C1=CC[C@@H](O)C2C1C[C@@H]1OC(C)(C)O[C@H]21. The Balaban J connectivity index is 1.87. The average Bonchev–Trinajstić information content (AvgIpc) is 2.80. The number of fused-ring (bicyclic) bond motifs is 3. The van der Waals surface area contributed by atoms with Crippen molar-refractivity contribution in [1.82, 2.24) is 0 Å². The second-order valence-electron chi connectivity index (χ2n) is 6.01. The summed E-state index contributed by atoms with van der Waals surface area (Å²) < 4.78 is 16.6. The van der Waals surface area contributed by atoms with Gasteiger partial charge in [-0.3, -0.25) is 0 Å². The highest BCUT2D eigenvalue weighted by atomic mass is 16.8. The summed E-state index contributed by atoms with van der Waals surface area (Å²) in [7, 11) is 1.38. The van der Waals surface area contributed by atoms with E-state index in [1.54, 1.807) is 6.08 Å². The molecule has 0 spiro atoms. The third kappa shape index (κ3) is 2.00. The van der Waals surface area contributed by atoms with E-state index < -0.39 is 11.9 Å². The molecule has 0 radical (unpaired) electrons. The Hall–Kier alpha value is -0.910. The van der Waals surface area contributed by atoms with Gasteiger partial charge in [0.25, 0.3) is 0 Å². The van der Waals surface area contributed by atoms with Crippen LogP contribution in [0.5, 0.6) is 0 Å². The van der Waals surface area contributed by atoms with Crippen molar-refractivity contribution in [3.8, 4) is 0 Å². The highest BCUT2D eigenvalue weighted by molar-refractivity contribution is 5.89. The zero-order valence-corrected chi connectivity index (χ0v) is 11.5. The first-order valence-corrected chi connectivity index (χ1v) is 6.75. The second kappa shape index (κ2) is 4.30. The van der Waals surface area contributed by atoms with Crippen LogP contribution in [-0.2, 0) is 19.0 Å². The third-order valence-corrected chi connectivity index (χ3v) is 4.40. The normalized spacial score (nSPS) is 43.4. The van der Waals surface area contributed by atoms with Crippen LogP contribution in [-0.4, -0.2) is 42.3 Å². The van der Waals surface area contributed by atoms with Crippen LogP contribution in [0.15, 0.2) is 11.6 Å². The predicted octanol–water partition coefficient (Wildman–Crippen LogP) is 1.01. The maximum atomic E-state index is 11.8. The highest BCUT2D eigenvalue weighted by Crippen LogP contribution is 2.50. The maximum Gasteiger partial charge on any atom is 0.333 e. The Morgan fingerprint density at radius 1 is 1.47 bits per heavy atom. The molecule has 3 rings (SSSR count). The maximum absolute atomic E-state index is 11.8. The fourth-order valence-electron chi connectivity index (χ4n) is 3.74. The molecule has 19 heavy (non-hydrogen) atoms. The number of hydrogen-bond donors (Lipinski definition) is 1. The zero-order chi connectivity index (χ0) is 13.8. The number of aliphatic hydroxyl groups is 1. The van der Waals surface area contributed by atoms with E-state index in [4.69, 9.17) is 14.2 Å². The minimum absolute atomic E-state index is 0.0256. The van der Waals surface area contributed by atoms with Crippen molar-refractivity contribution in [2.75, 3.05) is 7.11 Å². The Morgan fingerprint density at radius 2 is 2.21 bits per heavy atom. The summed E-state index contributed by atoms with van der Waals surface area (Å²) in [6.45, 7) is 3.76. The van der Waals surface area contributed by atoms with E-state index in [1.807, 2.05) is 13.8 Å². The van der Waals surface area contributed by atoms with Crippen molar-refractivity contribution >= 4 is 5.97 Å². The first-order valence-electron chi connectivity index (χ1n) is 6.75. The first-order chi connectivity index (χ1) is 8.93. The molecule has 1 N–H and O–H groups in total. The van der Waals surface area contributed by atoms with Crippen LogP contribution in [0, 0.1) is 11.8 Å². The lowest BCUT2D eigenvalue weighted by molar-refractivity contribution is -0.165. The lowest BCUT2D eigenvalue weighted by Gasteiger charge is -2.33. The predicted molar refractivity (Wildman–Crippen MR) is 66.1 cm³/mol. The molecule has 1 heterocycles. The summed E-state index contributed by atoms with van der Waals surface area (Å²) >= 11 is 0. The van der Waals surface area contributed by atoms with Gasteiger partial charge >= 0.3 is 5.97 Å². The lowest BCUT2D eigenvalue weighted by atomic mass is 9.78. The third-order valence-electron chi connectivity index (χ3n) is 4.40. The molecule has 0 amide bonds. The van der Waals surface area contributed by atoms with Gasteiger partial charge < -0.3 is 19.3 Å². The van der Waals surface area contributed by atoms with Gasteiger partial charge in [0, 0.05) is 17.4 Å². The number of hydrogen-bond acceptors (Lipinski definition) is 5. The van der Waals surface area contributed by atoms with E-state index in [2.05, 4.69) is 0 Å². The molecule has 2 aliphatic carbocycles. The van der Waals surface area contributed by atoms with Crippen molar-refractivity contribution < 1.29 is 24.1 Å². The van der Waals surface area contributed by atoms with Gasteiger partial charge in [-0.1, -0.05) is 6.08 Å². The van der Waals surface area contributed by atoms with Crippen LogP contribution < -0.4 is 0 Å². The molecule has 0 bridgehead atoms. The van der Waals surface area contributed by atoms with E-state index in [-0.39, 0.29) is 30.0 Å². The van der Waals surface area contributed by atoms with Gasteiger partial charge in [-0.2, -0.15) is 0 Å². The van der Waals surface area contributed by atoms with Crippen molar-refractivity contribution in [3.63, 3.8) is 0 Å². The molecule has 2 fully saturated rings. The Labute approximate surface area is 112 Å².